The molecular weight excluding hydrogens is 839 g/mol. The van der Waals surface area contributed by atoms with Gasteiger partial charge < -0.3 is 31.2 Å². The second kappa shape index (κ2) is 19.9. The Morgan fingerprint density at radius 1 is 0.800 bits per heavy atom. The summed E-state index contributed by atoms with van der Waals surface area (Å²) in [6.07, 6.45) is 6.32. The summed E-state index contributed by atoms with van der Waals surface area (Å²) >= 11 is 0. The molecule has 1 fully saturated rings. The van der Waals surface area contributed by atoms with E-state index in [0.29, 0.717) is 97.0 Å². The van der Waals surface area contributed by atoms with E-state index in [2.05, 4.69) is 36.1 Å². The molecule has 7 rings (SSSR count). The zero-order valence-electron chi connectivity index (χ0n) is 36.7. The molecule has 1 saturated heterocycles. The lowest BCUT2D eigenvalue weighted by molar-refractivity contribution is -0.122. The van der Waals surface area contributed by atoms with E-state index >= 15 is 0 Å². The number of imidazole rings is 2. The minimum absolute atomic E-state index is 0.122. The number of allylic oxidation sites excluding steroid dienone is 2. The lowest BCUT2D eigenvalue weighted by Gasteiger charge is -2.28. The Morgan fingerprint density at radius 3 is 1.97 bits per heavy atom. The molecule has 0 saturated carbocycles. The molecule has 0 spiro atoms. The van der Waals surface area contributed by atoms with E-state index in [0.717, 1.165) is 0 Å². The summed E-state index contributed by atoms with van der Waals surface area (Å²) in [6, 6.07) is 7.88. The molecular formula is C43H53N15O7. The number of hydrogen-bond donors (Lipinski definition) is 6. The molecule has 22 nitrogen and oxygen atoms in total. The van der Waals surface area contributed by atoms with E-state index in [4.69, 9.17) is 21.2 Å². The first kappa shape index (κ1) is 45.6. The van der Waals surface area contributed by atoms with Crippen LogP contribution >= 0.6 is 0 Å². The quantitative estimate of drug-likeness (QED) is 0.0503. The van der Waals surface area contributed by atoms with E-state index in [1.165, 1.54) is 24.4 Å². The predicted octanol–water partition coefficient (Wildman–Crippen LogP) is 2.13. The van der Waals surface area contributed by atoms with E-state index in [1.807, 2.05) is 24.8 Å². The largest absolute Gasteiger partial charge is 0.491 e. The number of carbonyl (C=O) groups is 5. The number of anilines is 2. The fourth-order valence-corrected chi connectivity index (χ4v) is 7.62. The van der Waals surface area contributed by atoms with E-state index in [-0.39, 0.29) is 67.0 Å². The number of aromatic nitrogens is 9. The van der Waals surface area contributed by atoms with Crippen molar-refractivity contribution in [3.8, 4) is 5.75 Å². The molecule has 0 unspecified atom stereocenters. The summed E-state index contributed by atoms with van der Waals surface area (Å²) in [5, 5.41) is 27.3. The highest BCUT2D eigenvalue weighted by Gasteiger charge is 2.24. The molecule has 1 aromatic carbocycles. The molecule has 6 heterocycles. The Kier molecular flexibility index (Phi) is 14.0. The maximum atomic E-state index is 13.8. The van der Waals surface area contributed by atoms with Gasteiger partial charge in [0.1, 0.15) is 28.2 Å². The number of nitrogens with zero attached hydrogens (tertiary/aromatic N) is 10. The van der Waals surface area contributed by atoms with Crippen LogP contribution in [0.1, 0.15) is 86.2 Å². The van der Waals surface area contributed by atoms with Crippen molar-refractivity contribution in [2.24, 2.45) is 11.5 Å². The summed E-state index contributed by atoms with van der Waals surface area (Å²) in [4.78, 5) is 80.4. The standard InChI is InChI=1S/C43H53N15O7/c1-5-57-32(18-25(3)52-57)40(63)50-42-48-30-20-27(37(44)61)22-34(65-17-9-12-46-35(60)24-54-15-10-29(59)11-16-54)36(30)55(42)13-7-8-14-56-39-31(21-28(23-47-39)38(45)62)49-43(56)51-41(64)33-19-26(4)53-58(33)6-2/h7-8,18-23,29,59H,5-6,9-17,24H2,1-4H3,(H2,44,61)(H2,45,62)(H,46,60)(H,48,50,63)(H,49,51,64)/b8-7+. The van der Waals surface area contributed by atoms with Gasteiger partial charge in [-0.25, -0.2) is 15.0 Å². The molecule has 0 radical (unpaired) electrons. The summed E-state index contributed by atoms with van der Waals surface area (Å²) in [5.41, 5.74) is 15.0. The molecule has 0 atom stereocenters. The highest BCUT2D eigenvalue weighted by Crippen LogP contribution is 2.32. The van der Waals surface area contributed by atoms with Crippen LogP contribution in [0.25, 0.3) is 22.2 Å². The van der Waals surface area contributed by atoms with Crippen molar-refractivity contribution in [1.82, 2.24) is 53.9 Å². The van der Waals surface area contributed by atoms with Gasteiger partial charge in [-0.1, -0.05) is 12.2 Å². The van der Waals surface area contributed by atoms with Crippen LogP contribution in [0.5, 0.6) is 5.75 Å². The molecule has 0 aliphatic carbocycles. The maximum absolute atomic E-state index is 13.8. The highest BCUT2D eigenvalue weighted by molar-refractivity contribution is 6.05. The molecule has 8 N–H and O–H groups in total. The van der Waals surface area contributed by atoms with Gasteiger partial charge in [0.25, 0.3) is 11.8 Å². The molecule has 22 heteroatoms. The van der Waals surface area contributed by atoms with Crippen LogP contribution < -0.4 is 32.2 Å². The van der Waals surface area contributed by atoms with E-state index < -0.39 is 23.6 Å². The van der Waals surface area contributed by atoms with E-state index in [1.54, 1.807) is 50.6 Å². The SMILES string of the molecule is CCn1nc(C)cc1C(=O)Nc1nc2cc(C(N)=O)cnc2n1C/C=C/Cn1c(NC(=O)c2cc(C)nn2CC)nc2cc(C(N)=O)cc(OCCCNC(=O)CN3CCC(O)CC3)c21. The number of aliphatic hydroxyl groups excluding tert-OH is 1. The third kappa shape index (κ3) is 10.5. The van der Waals surface area contributed by atoms with Gasteiger partial charge in [-0.15, -0.1) is 0 Å². The normalized spacial score (nSPS) is 13.5. The van der Waals surface area contributed by atoms with Crippen molar-refractivity contribution in [3.63, 3.8) is 0 Å². The fraction of sp³-hybridized carbons (Fsp3) is 0.395. The van der Waals surface area contributed by atoms with Crippen LogP contribution in [0.4, 0.5) is 11.9 Å². The number of aliphatic hydroxyl groups is 1. The monoisotopic (exact) mass is 891 g/mol. The number of nitrogens with two attached hydrogens (primary N) is 2. The van der Waals surface area contributed by atoms with Gasteiger partial charge in [0, 0.05) is 57.6 Å². The average molecular weight is 892 g/mol. The van der Waals surface area contributed by atoms with Gasteiger partial charge >= 0.3 is 0 Å². The minimum atomic E-state index is -0.710. The van der Waals surface area contributed by atoms with Crippen molar-refractivity contribution < 1.29 is 33.8 Å². The van der Waals surface area contributed by atoms with Gasteiger partial charge in [0.2, 0.25) is 29.6 Å². The van der Waals surface area contributed by atoms with Crippen LogP contribution in [0.3, 0.4) is 0 Å². The number of aryl methyl sites for hydroxylation is 4. The Balaban J connectivity index is 1.17. The number of nitrogens with one attached hydrogen (secondary N) is 3. The van der Waals surface area contributed by atoms with Gasteiger partial charge in [-0.2, -0.15) is 10.2 Å². The number of fused-ring (bicyclic) bond motifs is 2. The molecule has 342 valence electrons. The first-order chi connectivity index (χ1) is 31.2. The van der Waals surface area contributed by atoms with Crippen LogP contribution in [-0.2, 0) is 31.0 Å². The number of pyridine rings is 1. The lowest BCUT2D eigenvalue weighted by atomic mass is 10.1. The van der Waals surface area contributed by atoms with Crippen LogP contribution in [0.2, 0.25) is 0 Å². The van der Waals surface area contributed by atoms with Crippen molar-refractivity contribution in [1.29, 1.82) is 0 Å². The molecule has 1 aliphatic rings. The Hall–Kier alpha value is -7.46. The third-order valence-electron chi connectivity index (χ3n) is 10.8. The smallest absolute Gasteiger partial charge is 0.276 e. The Morgan fingerprint density at radius 2 is 1.37 bits per heavy atom. The fourth-order valence-electron chi connectivity index (χ4n) is 7.62. The first-order valence-corrected chi connectivity index (χ1v) is 21.4. The maximum Gasteiger partial charge on any atom is 0.276 e. The third-order valence-corrected chi connectivity index (χ3v) is 10.8. The number of likely N-dealkylation sites (tertiary alicyclic amines) is 1. The molecule has 1 aliphatic heterocycles. The summed E-state index contributed by atoms with van der Waals surface area (Å²) in [7, 11) is 0. The second-order valence-corrected chi connectivity index (χ2v) is 15.6. The summed E-state index contributed by atoms with van der Waals surface area (Å²) < 4.78 is 12.8. The summed E-state index contributed by atoms with van der Waals surface area (Å²) in [5.74, 6) is -1.87. The van der Waals surface area contributed by atoms with Gasteiger partial charge in [0.05, 0.1) is 41.7 Å². The van der Waals surface area contributed by atoms with Gasteiger partial charge in [-0.05, 0) is 77.3 Å². The van der Waals surface area contributed by atoms with Gasteiger partial charge in [0.15, 0.2) is 5.65 Å². The molecule has 6 aromatic rings. The Labute approximate surface area is 373 Å². The first-order valence-electron chi connectivity index (χ1n) is 21.4. The lowest BCUT2D eigenvalue weighted by Crippen LogP contribution is -2.42. The molecule has 5 amide bonds. The number of amides is 5. The number of benzene rings is 1. The van der Waals surface area contributed by atoms with Crippen LogP contribution in [0, 0.1) is 13.8 Å². The van der Waals surface area contributed by atoms with E-state index in [9.17, 15) is 29.1 Å². The molecule has 65 heavy (non-hydrogen) atoms. The molecule has 5 aromatic heterocycles. The zero-order valence-corrected chi connectivity index (χ0v) is 36.7. The van der Waals surface area contributed by atoms with Crippen molar-refractivity contribution in [3.05, 3.63) is 82.6 Å². The average Bonchev–Trinajstić information content (AvgIpc) is 4.04. The highest BCUT2D eigenvalue weighted by atomic mass is 16.5. The second-order valence-electron chi connectivity index (χ2n) is 15.6. The van der Waals surface area contributed by atoms with Crippen LogP contribution in [0.15, 0.2) is 48.7 Å². The Bertz CT molecular complexity index is 2790. The number of hydrogen-bond acceptors (Lipinski definition) is 13. The van der Waals surface area contributed by atoms with Crippen molar-refractivity contribution in [2.75, 3.05) is 43.4 Å². The number of piperidine rings is 1. The molecule has 0 bridgehead atoms. The van der Waals surface area contributed by atoms with Gasteiger partial charge in [-0.3, -0.25) is 53.4 Å². The number of primary amides is 2. The minimum Gasteiger partial charge on any atom is -0.491 e. The topological polar surface area (TPSA) is 290 Å². The van der Waals surface area contributed by atoms with Crippen molar-refractivity contribution >= 4 is 63.6 Å². The number of ether oxygens (including phenoxy) is 1. The number of carbonyl (C=O) groups excluding carboxylic acids is 5. The predicted molar refractivity (Wildman–Crippen MR) is 239 cm³/mol. The zero-order chi connectivity index (χ0) is 46.4. The van der Waals surface area contributed by atoms with Crippen molar-refractivity contribution in [2.45, 2.75) is 79.2 Å². The number of rotatable bonds is 19. The van der Waals surface area contributed by atoms with Crippen LogP contribution in [-0.4, -0.2) is 122 Å². The summed E-state index contributed by atoms with van der Waals surface area (Å²) in [6.45, 7) is 10.5.